The fourth-order valence-corrected chi connectivity index (χ4v) is 1.82. The maximum atomic E-state index is 5.36. The Bertz CT molecular complexity index is 93.8. The molecule has 1 rings (SSSR count). The first-order valence-corrected chi connectivity index (χ1v) is 4.64. The minimum absolute atomic E-state index is 0.0434. The molecule has 0 amide bonds. The second kappa shape index (κ2) is 3.69. The summed E-state index contributed by atoms with van der Waals surface area (Å²) < 4.78 is 10.7. The Morgan fingerprint density at radius 1 is 1.70 bits per heavy atom. The maximum Gasteiger partial charge on any atom is 0.101 e. The van der Waals surface area contributed by atoms with E-state index in [0.29, 0.717) is 0 Å². The molecule has 0 N–H and O–H groups in total. The number of halogens is 1. The summed E-state index contributed by atoms with van der Waals surface area (Å²) in [5.41, 5.74) is -0.0434. The van der Waals surface area contributed by atoms with Crippen molar-refractivity contribution in [3.63, 3.8) is 0 Å². The van der Waals surface area contributed by atoms with Crippen molar-refractivity contribution < 1.29 is 9.47 Å². The van der Waals surface area contributed by atoms with Crippen LogP contribution < -0.4 is 0 Å². The molecule has 0 radical (unpaired) electrons. The molecule has 1 aliphatic heterocycles. The Morgan fingerprint density at radius 2 is 2.50 bits per heavy atom. The number of methoxy groups -OCH3 is 1. The minimum Gasteiger partial charge on any atom is -0.378 e. The molecule has 2 nitrogen and oxygen atoms in total. The van der Waals surface area contributed by atoms with Gasteiger partial charge in [0, 0.05) is 19.0 Å². The van der Waals surface area contributed by atoms with Gasteiger partial charge in [-0.05, 0) is 12.8 Å². The number of hydrogen-bond acceptors (Lipinski definition) is 2. The van der Waals surface area contributed by atoms with E-state index in [1.165, 1.54) is 0 Å². The third kappa shape index (κ3) is 1.71. The largest absolute Gasteiger partial charge is 0.378 e. The third-order valence-corrected chi connectivity index (χ3v) is 2.98. The van der Waals surface area contributed by atoms with Gasteiger partial charge in [-0.1, -0.05) is 15.9 Å². The maximum absolute atomic E-state index is 5.36. The molecule has 1 heterocycles. The zero-order valence-corrected chi connectivity index (χ0v) is 7.82. The Balaban J connectivity index is 2.44. The van der Waals surface area contributed by atoms with Gasteiger partial charge in [0.2, 0.25) is 0 Å². The third-order valence-electron chi connectivity index (χ3n) is 1.96. The van der Waals surface area contributed by atoms with Crippen molar-refractivity contribution in [2.24, 2.45) is 0 Å². The van der Waals surface area contributed by atoms with Gasteiger partial charge in [-0.2, -0.15) is 0 Å². The van der Waals surface area contributed by atoms with E-state index < -0.39 is 0 Å². The summed E-state index contributed by atoms with van der Waals surface area (Å²) in [5.74, 6) is 0. The SMILES string of the molecule is COC1(CBr)CCCOC1. The lowest BCUT2D eigenvalue weighted by molar-refractivity contribution is -0.0935. The van der Waals surface area contributed by atoms with Crippen LogP contribution in [0.25, 0.3) is 0 Å². The Kier molecular flexibility index (Phi) is 3.14. The fourth-order valence-electron chi connectivity index (χ4n) is 1.15. The van der Waals surface area contributed by atoms with Crippen molar-refractivity contribution in [1.29, 1.82) is 0 Å². The number of ether oxygens (including phenoxy) is 2. The van der Waals surface area contributed by atoms with Gasteiger partial charge in [0.25, 0.3) is 0 Å². The van der Waals surface area contributed by atoms with Crippen LogP contribution in [-0.2, 0) is 9.47 Å². The summed E-state index contributed by atoms with van der Waals surface area (Å²) in [6.45, 7) is 1.62. The van der Waals surface area contributed by atoms with Gasteiger partial charge in [0.05, 0.1) is 6.61 Å². The number of alkyl halides is 1. The second-order valence-electron chi connectivity index (χ2n) is 2.68. The molecule has 1 saturated heterocycles. The Morgan fingerprint density at radius 3 is 2.80 bits per heavy atom. The highest BCUT2D eigenvalue weighted by Gasteiger charge is 2.31. The first kappa shape index (κ1) is 8.50. The van der Waals surface area contributed by atoms with Crippen LogP contribution in [0.2, 0.25) is 0 Å². The molecule has 0 aliphatic carbocycles. The van der Waals surface area contributed by atoms with Crippen molar-refractivity contribution in [3.8, 4) is 0 Å². The van der Waals surface area contributed by atoms with Gasteiger partial charge in [-0.3, -0.25) is 0 Å². The average molecular weight is 209 g/mol. The topological polar surface area (TPSA) is 18.5 Å². The summed E-state index contributed by atoms with van der Waals surface area (Å²) in [5, 5.41) is 0.872. The van der Waals surface area contributed by atoms with Gasteiger partial charge in [-0.15, -0.1) is 0 Å². The van der Waals surface area contributed by atoms with Gasteiger partial charge in [-0.25, -0.2) is 0 Å². The van der Waals surface area contributed by atoms with Gasteiger partial charge < -0.3 is 9.47 Å². The number of rotatable bonds is 2. The molecule has 0 bridgehead atoms. The van der Waals surface area contributed by atoms with E-state index in [4.69, 9.17) is 9.47 Å². The van der Waals surface area contributed by atoms with Crippen molar-refractivity contribution >= 4 is 15.9 Å². The smallest absolute Gasteiger partial charge is 0.101 e. The van der Waals surface area contributed by atoms with Gasteiger partial charge >= 0.3 is 0 Å². The van der Waals surface area contributed by atoms with E-state index in [9.17, 15) is 0 Å². The highest BCUT2D eigenvalue weighted by atomic mass is 79.9. The van der Waals surface area contributed by atoms with Crippen molar-refractivity contribution in [1.82, 2.24) is 0 Å². The van der Waals surface area contributed by atoms with E-state index >= 15 is 0 Å². The van der Waals surface area contributed by atoms with Crippen LogP contribution in [0.1, 0.15) is 12.8 Å². The lowest BCUT2D eigenvalue weighted by atomic mass is 9.99. The van der Waals surface area contributed by atoms with Crippen LogP contribution in [0.5, 0.6) is 0 Å². The van der Waals surface area contributed by atoms with Crippen LogP contribution in [0.3, 0.4) is 0 Å². The molecular formula is C7H13BrO2. The zero-order valence-electron chi connectivity index (χ0n) is 6.23. The normalized spacial score (nSPS) is 34.2. The molecule has 0 spiro atoms. The summed E-state index contributed by atoms with van der Waals surface area (Å²) in [6.07, 6.45) is 2.22. The lowest BCUT2D eigenvalue weighted by Gasteiger charge is -2.33. The Labute approximate surface area is 70.0 Å². The first-order chi connectivity index (χ1) is 4.83. The molecule has 1 fully saturated rings. The van der Waals surface area contributed by atoms with Gasteiger partial charge in [0.15, 0.2) is 0 Å². The summed E-state index contributed by atoms with van der Waals surface area (Å²) in [6, 6.07) is 0. The predicted molar refractivity (Wildman–Crippen MR) is 43.6 cm³/mol. The molecule has 0 saturated carbocycles. The molecule has 1 aliphatic rings. The molecule has 1 atom stereocenters. The monoisotopic (exact) mass is 208 g/mol. The van der Waals surface area contributed by atoms with E-state index in [-0.39, 0.29) is 5.60 Å². The molecular weight excluding hydrogens is 196 g/mol. The quantitative estimate of drug-likeness (QED) is 0.643. The van der Waals surface area contributed by atoms with Crippen LogP contribution >= 0.6 is 15.9 Å². The van der Waals surface area contributed by atoms with Crippen LogP contribution in [0.4, 0.5) is 0 Å². The molecule has 3 heteroatoms. The summed E-state index contributed by atoms with van der Waals surface area (Å²) in [7, 11) is 1.75. The number of hydrogen-bond donors (Lipinski definition) is 0. The van der Waals surface area contributed by atoms with E-state index in [1.54, 1.807) is 7.11 Å². The molecule has 1 unspecified atom stereocenters. The summed E-state index contributed by atoms with van der Waals surface area (Å²) >= 11 is 3.42. The molecule has 0 aromatic rings. The summed E-state index contributed by atoms with van der Waals surface area (Å²) in [4.78, 5) is 0. The second-order valence-corrected chi connectivity index (χ2v) is 3.24. The molecule has 0 aromatic carbocycles. The predicted octanol–water partition coefficient (Wildman–Crippen LogP) is 1.58. The lowest BCUT2D eigenvalue weighted by Crippen LogP contribution is -2.42. The van der Waals surface area contributed by atoms with Crippen molar-refractivity contribution in [2.75, 3.05) is 25.7 Å². The van der Waals surface area contributed by atoms with E-state index in [1.807, 2.05) is 0 Å². The van der Waals surface area contributed by atoms with Crippen LogP contribution in [-0.4, -0.2) is 31.3 Å². The Hall–Kier alpha value is 0.400. The van der Waals surface area contributed by atoms with Crippen LogP contribution in [0.15, 0.2) is 0 Å². The van der Waals surface area contributed by atoms with E-state index in [0.717, 1.165) is 31.4 Å². The fraction of sp³-hybridized carbons (Fsp3) is 1.00. The van der Waals surface area contributed by atoms with Crippen LogP contribution in [0, 0.1) is 0 Å². The van der Waals surface area contributed by atoms with Gasteiger partial charge in [0.1, 0.15) is 5.60 Å². The minimum atomic E-state index is -0.0434. The molecule has 0 aromatic heterocycles. The molecule has 60 valence electrons. The zero-order chi connectivity index (χ0) is 7.45. The standard InChI is InChI=1S/C7H13BrO2/c1-9-7(5-8)3-2-4-10-6-7/h2-6H2,1H3. The highest BCUT2D eigenvalue weighted by Crippen LogP contribution is 2.24. The molecule has 10 heavy (non-hydrogen) atoms. The average Bonchev–Trinajstić information content (AvgIpc) is 2.06. The highest BCUT2D eigenvalue weighted by molar-refractivity contribution is 9.09. The van der Waals surface area contributed by atoms with Crippen molar-refractivity contribution in [2.45, 2.75) is 18.4 Å². The van der Waals surface area contributed by atoms with Crippen molar-refractivity contribution in [3.05, 3.63) is 0 Å². The first-order valence-electron chi connectivity index (χ1n) is 3.52. The van der Waals surface area contributed by atoms with E-state index in [2.05, 4.69) is 15.9 Å².